The van der Waals surface area contributed by atoms with Crippen LogP contribution in [-0.2, 0) is 0 Å². The quantitative estimate of drug-likeness (QED) is 0.133. The molecule has 0 saturated carbocycles. The molecule has 11 aromatic rings. The fourth-order valence-electron chi connectivity index (χ4n) is 6.03. The van der Waals surface area contributed by atoms with E-state index in [9.17, 15) is 0 Å². The number of hydrogen-bond donors (Lipinski definition) is 0. The molecule has 0 fully saturated rings. The summed E-state index contributed by atoms with van der Waals surface area (Å²) in [6, 6.07) is 73.3. The van der Waals surface area contributed by atoms with Crippen molar-refractivity contribution in [3.05, 3.63) is 304 Å². The molecule has 11 rings (SSSR count). The molecule has 0 aliphatic rings. The van der Waals surface area contributed by atoms with Gasteiger partial charge in [0.05, 0.1) is 24.4 Å². The van der Waals surface area contributed by atoms with Crippen molar-refractivity contribution in [1.29, 1.82) is 0 Å². The molecule has 0 aliphatic heterocycles. The third-order valence-electron chi connectivity index (χ3n) is 9.86. The van der Waals surface area contributed by atoms with Gasteiger partial charge in [-0.2, -0.15) is 0 Å². The van der Waals surface area contributed by atoms with Crippen molar-refractivity contribution in [2.45, 2.75) is 0 Å². The van der Waals surface area contributed by atoms with E-state index in [1.807, 2.05) is 233 Å². The van der Waals surface area contributed by atoms with E-state index in [0.717, 1.165) is 52.2 Å². The Hall–Kier alpha value is -12.5. The Kier molecular flexibility index (Phi) is 36.4. The minimum absolute atomic E-state index is 0.948. The molecule has 5 aromatic heterocycles. The molecule has 0 amide bonds. The van der Waals surface area contributed by atoms with E-state index in [1.165, 1.54) is 10.8 Å². The van der Waals surface area contributed by atoms with Gasteiger partial charge in [0.2, 0.25) is 0 Å². The van der Waals surface area contributed by atoms with Gasteiger partial charge >= 0.3 is 0 Å². The van der Waals surface area contributed by atoms with E-state index < -0.39 is 0 Å². The van der Waals surface area contributed by atoms with Crippen LogP contribution in [0.1, 0.15) is 52.2 Å². The van der Waals surface area contributed by atoms with Crippen LogP contribution in [0.25, 0.3) is 10.8 Å². The van der Waals surface area contributed by atoms with Gasteiger partial charge in [-0.15, -0.1) is 95.2 Å². The van der Waals surface area contributed by atoms with Crippen molar-refractivity contribution in [3.63, 3.8) is 0 Å². The molecule has 5 heterocycles. The summed E-state index contributed by atoms with van der Waals surface area (Å²) in [4.78, 5) is 5.26. The Balaban J connectivity index is 0.000000219. The van der Waals surface area contributed by atoms with Gasteiger partial charge in [-0.1, -0.05) is 181 Å². The number of fused-ring (bicyclic) bond motifs is 1. The average Bonchev–Trinajstić information content (AvgIpc) is 4.61. The minimum atomic E-state index is 0.948. The van der Waals surface area contributed by atoms with Crippen molar-refractivity contribution in [2.24, 2.45) is 0 Å². The highest BCUT2D eigenvalue weighted by Crippen LogP contribution is 2.15. The van der Waals surface area contributed by atoms with Gasteiger partial charge in [-0.25, -0.2) is 0 Å². The third kappa shape index (κ3) is 33.4. The first-order valence-corrected chi connectivity index (χ1v) is 30.6. The van der Waals surface area contributed by atoms with Crippen LogP contribution in [0, 0.1) is 181 Å². The van der Waals surface area contributed by atoms with Crippen molar-refractivity contribution in [1.82, 2.24) is 0 Å². The van der Waals surface area contributed by atoms with E-state index in [4.69, 9.17) is 38.5 Å². The zero-order chi connectivity index (χ0) is 63.1. The summed E-state index contributed by atoms with van der Waals surface area (Å²) in [5, 5.41) is 12.4. The largest absolute Gasteiger partial charge is 0.135 e. The molecule has 0 saturated heterocycles. The Morgan fingerprint density at radius 2 is 0.506 bits per heavy atom. The minimum Gasteiger partial charge on any atom is -0.135 e. The normalized spacial score (nSPS) is 7.80. The molecule has 0 spiro atoms. The lowest BCUT2D eigenvalue weighted by Gasteiger charge is -1.96. The molecule has 6 aromatic carbocycles. The molecule has 0 unspecified atom stereocenters. The maximum atomic E-state index is 5.07. The second kappa shape index (κ2) is 46.9. The zero-order valence-electron chi connectivity index (χ0n) is 47.8. The highest BCUT2D eigenvalue weighted by atomic mass is 32.1. The molecule has 89 heavy (non-hydrogen) atoms. The standard InChI is InChI=1S/C14H8.2C12H8S.C12H6.C10H4S.C10H6.C8H4S.C6H4S/c1-2-3-6-12-9-10-13-7-4-5-8-14(13)11-12;2*1-2-5-11(6-3-1)8-9-12-7-4-10-13-12;1-2-3-4-6-9-12-10-7-5-8-11-12;1-2-3-4-5-7-10-8-6-9-11-10;1-2-3-7-10-8-5-4-6-9-10;1-2-3-5-8-6-4-7-9-8;1-2-6-4-3-5-7-6/h1,4-5,7-11H;2*1-7,10H;1,5,7-8,10-11H;1,6,8-9H;1,4-6,8-9H;1,4,6-7H;1,3-5H. The predicted octanol–water partition coefficient (Wildman–Crippen LogP) is 17.7. The molecular weight excluding hydrogens is 1170 g/mol. The van der Waals surface area contributed by atoms with Crippen molar-refractivity contribution in [2.75, 3.05) is 0 Å². The lowest BCUT2D eigenvalue weighted by atomic mass is 10.1. The van der Waals surface area contributed by atoms with Crippen LogP contribution in [0.2, 0.25) is 0 Å². The molecule has 0 aliphatic carbocycles. The van der Waals surface area contributed by atoms with Crippen LogP contribution in [-0.4, -0.2) is 0 Å². The lowest BCUT2D eigenvalue weighted by molar-refractivity contribution is 1.65. The number of rotatable bonds is 0. The number of thiophene rings is 5. The van der Waals surface area contributed by atoms with Crippen molar-refractivity contribution >= 4 is 67.5 Å². The van der Waals surface area contributed by atoms with Crippen LogP contribution < -0.4 is 0 Å². The summed E-state index contributed by atoms with van der Waals surface area (Å²) in [6.45, 7) is 0. The van der Waals surface area contributed by atoms with Gasteiger partial charge < -0.3 is 0 Å². The fraction of sp³-hybridized carbons (Fsp3) is 0. The third-order valence-corrected chi connectivity index (χ3v) is 13.8. The molecule has 0 nitrogen and oxygen atoms in total. The van der Waals surface area contributed by atoms with Crippen LogP contribution in [0.4, 0.5) is 0 Å². The van der Waals surface area contributed by atoms with E-state index in [0.29, 0.717) is 0 Å². The molecular formula is C84H48S5. The maximum Gasteiger partial charge on any atom is 0.0778 e. The van der Waals surface area contributed by atoms with Crippen LogP contribution in [0.3, 0.4) is 0 Å². The molecule has 0 bridgehead atoms. The highest BCUT2D eigenvalue weighted by Gasteiger charge is 1.93. The van der Waals surface area contributed by atoms with E-state index in [-0.39, 0.29) is 0 Å². The maximum absolute atomic E-state index is 5.07. The summed E-state index contributed by atoms with van der Waals surface area (Å²) in [7, 11) is 0. The van der Waals surface area contributed by atoms with Crippen LogP contribution in [0.5, 0.6) is 0 Å². The summed E-state index contributed by atoms with van der Waals surface area (Å²) in [6.07, 6.45) is 29.8. The number of hydrogen-bond acceptors (Lipinski definition) is 5. The van der Waals surface area contributed by atoms with Gasteiger partial charge in [-0.05, 0) is 223 Å². The molecule has 414 valence electrons. The monoisotopic (exact) mass is 1220 g/mol. The summed E-state index contributed by atoms with van der Waals surface area (Å²) >= 11 is 8.11. The number of benzene rings is 6. The van der Waals surface area contributed by atoms with Crippen molar-refractivity contribution in [3.8, 4) is 181 Å². The first kappa shape index (κ1) is 69.0. The van der Waals surface area contributed by atoms with Crippen LogP contribution >= 0.6 is 56.7 Å². The second-order valence-corrected chi connectivity index (χ2v) is 20.8. The SMILES string of the molecule is C#CC#CC#Cc1ccccc1.C#CC#CC#Cc1cccs1.C#CC#Cc1ccc2ccccc2c1.C#CC#Cc1ccccc1.C#CC#Cc1cccs1.C#Cc1cccs1.C(#Cc1cccs1)c1ccccc1.C(#Cc1cccs1)c1ccccc1. The Labute approximate surface area is 547 Å². The average molecular weight is 1220 g/mol. The van der Waals surface area contributed by atoms with Crippen molar-refractivity contribution < 1.29 is 0 Å². The molecule has 5 heteroatoms. The predicted molar refractivity (Wildman–Crippen MR) is 385 cm³/mol. The van der Waals surface area contributed by atoms with Gasteiger partial charge in [0.1, 0.15) is 0 Å². The highest BCUT2D eigenvalue weighted by molar-refractivity contribution is 7.11. The molecule has 0 N–H and O–H groups in total. The summed E-state index contributed by atoms with van der Waals surface area (Å²) < 4.78 is 0. The summed E-state index contributed by atoms with van der Waals surface area (Å²) in [5.74, 6) is 63.3. The second-order valence-electron chi connectivity index (χ2n) is 16.0. The molecule has 0 atom stereocenters. The first-order valence-electron chi connectivity index (χ1n) is 26.2. The number of terminal acetylenes is 6. The smallest absolute Gasteiger partial charge is 0.0778 e. The topological polar surface area (TPSA) is 0 Å². The first-order chi connectivity index (χ1) is 44.0. The fourth-order valence-corrected chi connectivity index (χ4v) is 8.84. The Morgan fingerprint density at radius 1 is 0.202 bits per heavy atom. The zero-order valence-corrected chi connectivity index (χ0v) is 51.8. The Bertz CT molecular complexity index is 4630. The summed E-state index contributed by atoms with van der Waals surface area (Å²) in [5.41, 5.74) is 5.00. The van der Waals surface area contributed by atoms with Gasteiger partial charge in [-0.3, -0.25) is 0 Å². The van der Waals surface area contributed by atoms with Gasteiger partial charge in [0.15, 0.2) is 0 Å². The lowest BCUT2D eigenvalue weighted by Crippen LogP contribution is -1.75. The van der Waals surface area contributed by atoms with Gasteiger partial charge in [0.25, 0.3) is 0 Å². The van der Waals surface area contributed by atoms with E-state index >= 15 is 0 Å². The van der Waals surface area contributed by atoms with Gasteiger partial charge in [0, 0.05) is 27.8 Å². The van der Waals surface area contributed by atoms with E-state index in [1.54, 1.807) is 56.7 Å². The molecule has 0 radical (unpaired) electrons. The Morgan fingerprint density at radius 3 is 0.865 bits per heavy atom. The van der Waals surface area contributed by atoms with E-state index in [2.05, 4.69) is 160 Å². The van der Waals surface area contributed by atoms with Crippen LogP contribution in [0.15, 0.2) is 251 Å².